The van der Waals surface area contributed by atoms with Gasteiger partial charge in [0.1, 0.15) is 22.3 Å². The van der Waals surface area contributed by atoms with Crippen LogP contribution in [0.5, 0.6) is 0 Å². The smallest absolute Gasteiger partial charge is 0.238 e. The van der Waals surface area contributed by atoms with Crippen molar-refractivity contribution in [3.63, 3.8) is 0 Å². The Morgan fingerprint density at radius 2 is 0.891 bits per heavy atom. The van der Waals surface area contributed by atoms with Crippen LogP contribution in [0, 0.1) is 0 Å². The highest BCUT2D eigenvalue weighted by molar-refractivity contribution is 6.25. The fourth-order valence-corrected chi connectivity index (χ4v) is 10.0. The lowest BCUT2D eigenvalue weighted by Crippen LogP contribution is -2.07. The standard InChI is InChI=1S/C57H33N5O2/c1-3-15-34(16-4-1)36-29-32-48-43(33-36)52-46(25-14-28-50(52)64-48)61-44-23-10-7-19-37(44)39-30-31-40-38-20-8-11-24-45(38)62(54(40)53(39)61)57-59-55(35-17-5-2-6-18-35)58-56(60-57)42-22-13-27-49-51(42)41-21-9-12-26-47(41)63-49/h1-33H. The van der Waals surface area contributed by atoms with E-state index in [0.29, 0.717) is 17.6 Å². The van der Waals surface area contributed by atoms with Crippen LogP contribution < -0.4 is 0 Å². The van der Waals surface area contributed by atoms with E-state index in [4.69, 9.17) is 23.8 Å². The van der Waals surface area contributed by atoms with Crippen LogP contribution in [-0.2, 0) is 0 Å². The van der Waals surface area contributed by atoms with E-state index in [1.165, 1.54) is 0 Å². The lowest BCUT2D eigenvalue weighted by molar-refractivity contribution is 0.668. The fourth-order valence-electron chi connectivity index (χ4n) is 10.0. The molecule has 14 rings (SSSR count). The normalized spacial score (nSPS) is 12.1. The van der Waals surface area contributed by atoms with Gasteiger partial charge in [0.2, 0.25) is 5.95 Å². The molecule has 64 heavy (non-hydrogen) atoms. The molecule has 0 saturated carbocycles. The summed E-state index contributed by atoms with van der Waals surface area (Å²) < 4.78 is 17.7. The summed E-state index contributed by atoms with van der Waals surface area (Å²) in [7, 11) is 0. The number of fused-ring (bicyclic) bond motifs is 13. The van der Waals surface area contributed by atoms with E-state index in [1.807, 2.05) is 48.5 Å². The quantitative estimate of drug-likeness (QED) is 0.173. The lowest BCUT2D eigenvalue weighted by Gasteiger charge is -2.14. The average molecular weight is 820 g/mol. The Labute approximate surface area is 364 Å². The molecule has 0 aliphatic heterocycles. The molecule has 5 aromatic heterocycles. The zero-order valence-corrected chi connectivity index (χ0v) is 34.1. The monoisotopic (exact) mass is 819 g/mol. The van der Waals surface area contributed by atoms with Crippen molar-refractivity contribution in [2.24, 2.45) is 0 Å². The van der Waals surface area contributed by atoms with Gasteiger partial charge in [-0.15, -0.1) is 0 Å². The molecule has 298 valence electrons. The number of para-hydroxylation sites is 3. The Morgan fingerprint density at radius 1 is 0.328 bits per heavy atom. The van der Waals surface area contributed by atoms with Crippen LogP contribution >= 0.6 is 0 Å². The van der Waals surface area contributed by atoms with E-state index in [9.17, 15) is 0 Å². The number of hydrogen-bond donors (Lipinski definition) is 0. The average Bonchev–Trinajstić information content (AvgIpc) is 4.12. The Balaban J connectivity index is 1.13. The second-order valence-corrected chi connectivity index (χ2v) is 16.3. The van der Waals surface area contributed by atoms with Crippen molar-refractivity contribution < 1.29 is 8.83 Å². The van der Waals surface area contributed by atoms with Crippen LogP contribution in [0.15, 0.2) is 209 Å². The molecule has 9 aromatic carbocycles. The number of nitrogens with zero attached hydrogens (tertiary/aromatic N) is 5. The van der Waals surface area contributed by atoms with Crippen molar-refractivity contribution in [2.75, 3.05) is 0 Å². The van der Waals surface area contributed by atoms with E-state index in [0.717, 1.165) is 115 Å². The van der Waals surface area contributed by atoms with Crippen molar-refractivity contribution in [3.05, 3.63) is 200 Å². The van der Waals surface area contributed by atoms with Crippen LogP contribution in [0.1, 0.15) is 0 Å². The third-order valence-electron chi connectivity index (χ3n) is 12.8. The molecular formula is C57H33N5O2. The highest BCUT2D eigenvalue weighted by Gasteiger charge is 2.26. The van der Waals surface area contributed by atoms with E-state index >= 15 is 0 Å². The van der Waals surface area contributed by atoms with E-state index in [2.05, 4.69) is 161 Å². The van der Waals surface area contributed by atoms with E-state index < -0.39 is 0 Å². The first-order valence-corrected chi connectivity index (χ1v) is 21.4. The third-order valence-corrected chi connectivity index (χ3v) is 12.8. The fraction of sp³-hybridized carbons (Fsp3) is 0. The summed E-state index contributed by atoms with van der Waals surface area (Å²) in [5, 5.41) is 8.54. The Hall–Kier alpha value is -8.81. The maximum atomic E-state index is 6.64. The number of benzene rings is 9. The molecule has 0 amide bonds. The van der Waals surface area contributed by atoms with Gasteiger partial charge < -0.3 is 13.4 Å². The van der Waals surface area contributed by atoms with Gasteiger partial charge in [-0.2, -0.15) is 9.97 Å². The molecule has 14 aromatic rings. The van der Waals surface area contributed by atoms with Crippen LogP contribution in [0.2, 0.25) is 0 Å². The molecule has 0 bridgehead atoms. The zero-order chi connectivity index (χ0) is 41.9. The zero-order valence-electron chi connectivity index (χ0n) is 34.1. The summed E-state index contributed by atoms with van der Waals surface area (Å²) in [4.78, 5) is 16.1. The molecule has 7 nitrogen and oxygen atoms in total. The van der Waals surface area contributed by atoms with Crippen molar-refractivity contribution in [3.8, 4) is 45.5 Å². The minimum absolute atomic E-state index is 0.517. The van der Waals surface area contributed by atoms with Gasteiger partial charge in [-0.05, 0) is 59.7 Å². The molecule has 0 aliphatic rings. The minimum atomic E-state index is 0.517. The first-order chi connectivity index (χ1) is 31.7. The molecular weight excluding hydrogens is 787 g/mol. The van der Waals surface area contributed by atoms with Gasteiger partial charge in [-0.1, -0.05) is 152 Å². The summed E-state index contributed by atoms with van der Waals surface area (Å²) in [6, 6.07) is 69.6. The number of hydrogen-bond acceptors (Lipinski definition) is 5. The van der Waals surface area contributed by atoms with Crippen LogP contribution in [-0.4, -0.2) is 24.1 Å². The summed E-state index contributed by atoms with van der Waals surface area (Å²) in [6.07, 6.45) is 0. The Morgan fingerprint density at radius 3 is 1.64 bits per heavy atom. The molecule has 0 spiro atoms. The summed E-state index contributed by atoms with van der Waals surface area (Å²) >= 11 is 0. The molecule has 5 heterocycles. The summed E-state index contributed by atoms with van der Waals surface area (Å²) in [5.41, 5.74) is 12.5. The van der Waals surface area contributed by atoms with Gasteiger partial charge in [0, 0.05) is 48.8 Å². The van der Waals surface area contributed by atoms with Crippen molar-refractivity contribution in [2.45, 2.75) is 0 Å². The lowest BCUT2D eigenvalue weighted by atomic mass is 10.0. The highest BCUT2D eigenvalue weighted by atomic mass is 16.3. The second-order valence-electron chi connectivity index (χ2n) is 16.3. The molecule has 0 unspecified atom stereocenters. The first kappa shape index (κ1) is 34.9. The number of aromatic nitrogens is 5. The van der Waals surface area contributed by atoms with Crippen LogP contribution in [0.3, 0.4) is 0 Å². The maximum absolute atomic E-state index is 6.64. The van der Waals surface area contributed by atoms with Crippen molar-refractivity contribution in [1.29, 1.82) is 0 Å². The predicted octanol–water partition coefficient (Wildman–Crippen LogP) is 14.9. The Kier molecular flexibility index (Phi) is 7.27. The van der Waals surface area contributed by atoms with Gasteiger partial charge >= 0.3 is 0 Å². The maximum Gasteiger partial charge on any atom is 0.238 e. The predicted molar refractivity (Wildman–Crippen MR) is 259 cm³/mol. The largest absolute Gasteiger partial charge is 0.456 e. The Bertz CT molecular complexity index is 4200. The molecule has 0 N–H and O–H groups in total. The molecule has 0 radical (unpaired) electrons. The topological polar surface area (TPSA) is 74.8 Å². The van der Waals surface area contributed by atoms with E-state index in [-0.39, 0.29) is 0 Å². The van der Waals surface area contributed by atoms with Crippen molar-refractivity contribution in [1.82, 2.24) is 24.1 Å². The first-order valence-electron chi connectivity index (χ1n) is 21.4. The van der Waals surface area contributed by atoms with Gasteiger partial charge in [0.25, 0.3) is 0 Å². The van der Waals surface area contributed by atoms with Crippen LogP contribution in [0.4, 0.5) is 0 Å². The highest BCUT2D eigenvalue weighted by Crippen LogP contribution is 2.45. The molecule has 0 fully saturated rings. The second kappa shape index (κ2) is 13.3. The molecule has 0 saturated heterocycles. The minimum Gasteiger partial charge on any atom is -0.456 e. The molecule has 0 atom stereocenters. The van der Waals surface area contributed by atoms with Gasteiger partial charge in [0.15, 0.2) is 11.6 Å². The third kappa shape index (κ3) is 5.00. The molecule has 7 heteroatoms. The SMILES string of the molecule is c1ccc(-c2ccc3oc4cccc(-n5c6ccccc6c6ccc7c8ccccc8n(-c8nc(-c9ccccc9)nc(-c9cccc%10oc%11ccccc%11c9%10)n8)c7c65)c4c3c2)cc1. The van der Waals surface area contributed by atoms with Gasteiger partial charge in [-0.3, -0.25) is 4.57 Å². The number of furan rings is 2. The van der Waals surface area contributed by atoms with E-state index in [1.54, 1.807) is 0 Å². The molecule has 0 aliphatic carbocycles. The van der Waals surface area contributed by atoms with Crippen LogP contribution in [0.25, 0.3) is 133 Å². The van der Waals surface area contributed by atoms with Gasteiger partial charge in [0.05, 0.1) is 33.1 Å². The van der Waals surface area contributed by atoms with Gasteiger partial charge in [-0.25, -0.2) is 4.98 Å². The number of rotatable bonds is 5. The summed E-state index contributed by atoms with van der Waals surface area (Å²) in [5.74, 6) is 1.65. The summed E-state index contributed by atoms with van der Waals surface area (Å²) in [6.45, 7) is 0. The van der Waals surface area contributed by atoms with Crippen molar-refractivity contribution >= 4 is 87.5 Å².